The highest BCUT2D eigenvalue weighted by Crippen LogP contribution is 2.30. The molecule has 4 rings (SSSR count). The lowest BCUT2D eigenvalue weighted by Crippen LogP contribution is -2.21. The summed E-state index contributed by atoms with van der Waals surface area (Å²) in [4.78, 5) is 2.29. The van der Waals surface area contributed by atoms with Crippen molar-refractivity contribution in [3.63, 3.8) is 0 Å². The molecule has 0 N–H and O–H groups in total. The molecule has 2 nitrogen and oxygen atoms in total. The van der Waals surface area contributed by atoms with Crippen LogP contribution in [0.5, 0.6) is 5.75 Å². The maximum absolute atomic E-state index is 6.12. The van der Waals surface area contributed by atoms with Crippen molar-refractivity contribution in [1.29, 1.82) is 0 Å². The van der Waals surface area contributed by atoms with Crippen LogP contribution in [0.1, 0.15) is 35.1 Å². The first kappa shape index (κ1) is 23.4. The Labute approximate surface area is 193 Å². The highest BCUT2D eigenvalue weighted by atomic mass is 35.5. The first-order valence-corrected chi connectivity index (χ1v) is 11.1. The van der Waals surface area contributed by atoms with Crippen molar-refractivity contribution in [2.75, 3.05) is 20.6 Å². The Balaban J connectivity index is 0.00000272. The SMILES string of the molecule is Cc1ccc(-c2ccc(COc3ccc4c(c3)CCC(CCN(C)C)C4)cc2)cc1.Cl. The molecule has 0 saturated heterocycles. The van der Waals surface area contributed by atoms with Crippen LogP contribution in [0.2, 0.25) is 0 Å². The van der Waals surface area contributed by atoms with Crippen LogP contribution in [-0.2, 0) is 19.4 Å². The van der Waals surface area contributed by atoms with Crippen molar-refractivity contribution in [2.45, 2.75) is 39.2 Å². The average molecular weight is 436 g/mol. The van der Waals surface area contributed by atoms with E-state index in [1.807, 2.05) is 0 Å². The number of aryl methyl sites for hydroxylation is 2. The molecule has 0 amide bonds. The van der Waals surface area contributed by atoms with Crippen LogP contribution >= 0.6 is 12.4 Å². The molecule has 0 radical (unpaired) electrons. The molecular formula is C28H34ClNO. The van der Waals surface area contributed by atoms with E-state index in [0.717, 1.165) is 11.7 Å². The second-order valence-electron chi connectivity index (χ2n) is 8.98. The lowest BCUT2D eigenvalue weighted by atomic mass is 9.82. The minimum Gasteiger partial charge on any atom is -0.489 e. The molecule has 3 heteroatoms. The van der Waals surface area contributed by atoms with Crippen molar-refractivity contribution in [3.8, 4) is 16.9 Å². The Morgan fingerprint density at radius 3 is 2.23 bits per heavy atom. The van der Waals surface area contributed by atoms with E-state index >= 15 is 0 Å². The van der Waals surface area contributed by atoms with Crippen molar-refractivity contribution in [3.05, 3.63) is 89.0 Å². The molecule has 31 heavy (non-hydrogen) atoms. The van der Waals surface area contributed by atoms with Gasteiger partial charge in [-0.15, -0.1) is 12.4 Å². The Morgan fingerprint density at radius 1 is 0.871 bits per heavy atom. The molecule has 1 aliphatic rings. The monoisotopic (exact) mass is 435 g/mol. The van der Waals surface area contributed by atoms with Crippen molar-refractivity contribution in [2.24, 2.45) is 5.92 Å². The molecule has 3 aromatic rings. The lowest BCUT2D eigenvalue weighted by Gasteiger charge is -2.26. The van der Waals surface area contributed by atoms with Crippen molar-refractivity contribution < 1.29 is 4.74 Å². The van der Waals surface area contributed by atoms with Gasteiger partial charge in [-0.05, 0) is 99.1 Å². The van der Waals surface area contributed by atoms with Gasteiger partial charge in [0.1, 0.15) is 12.4 Å². The van der Waals surface area contributed by atoms with Gasteiger partial charge in [-0.25, -0.2) is 0 Å². The zero-order chi connectivity index (χ0) is 20.9. The van der Waals surface area contributed by atoms with Crippen LogP contribution in [0.4, 0.5) is 0 Å². The van der Waals surface area contributed by atoms with Crippen LogP contribution in [0, 0.1) is 12.8 Å². The quantitative estimate of drug-likeness (QED) is 0.408. The molecule has 164 valence electrons. The molecule has 0 fully saturated rings. The second kappa shape index (κ2) is 10.8. The summed E-state index contributed by atoms with van der Waals surface area (Å²) >= 11 is 0. The number of ether oxygens (including phenoxy) is 1. The van der Waals surface area contributed by atoms with Gasteiger partial charge in [0.25, 0.3) is 0 Å². The van der Waals surface area contributed by atoms with E-state index in [9.17, 15) is 0 Å². The van der Waals surface area contributed by atoms with Crippen LogP contribution in [0.15, 0.2) is 66.7 Å². The van der Waals surface area contributed by atoms with E-state index in [0.29, 0.717) is 6.61 Å². The largest absolute Gasteiger partial charge is 0.489 e. The molecule has 0 saturated carbocycles. The summed E-state index contributed by atoms with van der Waals surface area (Å²) in [5.74, 6) is 1.81. The fourth-order valence-corrected chi connectivity index (χ4v) is 4.29. The first-order valence-electron chi connectivity index (χ1n) is 11.1. The normalized spacial score (nSPS) is 15.3. The van der Waals surface area contributed by atoms with Gasteiger partial charge in [0, 0.05) is 0 Å². The Hall–Kier alpha value is -2.29. The van der Waals surface area contributed by atoms with E-state index < -0.39 is 0 Å². The Morgan fingerprint density at radius 2 is 1.55 bits per heavy atom. The van der Waals surface area contributed by atoms with E-state index in [-0.39, 0.29) is 12.4 Å². The minimum absolute atomic E-state index is 0. The number of hydrogen-bond acceptors (Lipinski definition) is 2. The van der Waals surface area contributed by atoms with E-state index in [1.165, 1.54) is 65.6 Å². The number of benzene rings is 3. The third-order valence-corrected chi connectivity index (χ3v) is 6.24. The van der Waals surface area contributed by atoms with Crippen LogP contribution in [-0.4, -0.2) is 25.5 Å². The number of rotatable bonds is 7. The second-order valence-corrected chi connectivity index (χ2v) is 8.98. The van der Waals surface area contributed by atoms with E-state index in [2.05, 4.69) is 92.6 Å². The minimum atomic E-state index is 0. The van der Waals surface area contributed by atoms with Gasteiger partial charge in [-0.1, -0.05) is 60.2 Å². The molecule has 0 heterocycles. The first-order chi connectivity index (χ1) is 14.6. The molecule has 0 aliphatic heterocycles. The van der Waals surface area contributed by atoms with Gasteiger partial charge in [0.15, 0.2) is 0 Å². The van der Waals surface area contributed by atoms with Gasteiger partial charge in [-0.3, -0.25) is 0 Å². The molecule has 1 aliphatic carbocycles. The summed E-state index contributed by atoms with van der Waals surface area (Å²) < 4.78 is 6.12. The van der Waals surface area contributed by atoms with E-state index in [4.69, 9.17) is 4.74 Å². The number of halogens is 1. The van der Waals surface area contributed by atoms with Gasteiger partial charge < -0.3 is 9.64 Å². The zero-order valence-corrected chi connectivity index (χ0v) is 19.8. The fourth-order valence-electron chi connectivity index (χ4n) is 4.29. The van der Waals surface area contributed by atoms with Crippen LogP contribution < -0.4 is 4.74 Å². The molecular weight excluding hydrogens is 402 g/mol. The zero-order valence-electron chi connectivity index (χ0n) is 18.9. The standard InChI is InChI=1S/C28H33NO.ClH/c1-21-4-9-24(10-5-21)25-11-7-23(8-12-25)20-30-28-15-14-26-18-22(16-17-29(2)3)6-13-27(26)19-28;/h4-5,7-12,14-15,19,22H,6,13,16-18,20H2,1-3H3;1H. The molecule has 3 aromatic carbocycles. The highest BCUT2D eigenvalue weighted by Gasteiger charge is 2.19. The predicted molar refractivity (Wildman–Crippen MR) is 133 cm³/mol. The number of nitrogens with zero attached hydrogens (tertiary/aromatic N) is 1. The summed E-state index contributed by atoms with van der Waals surface area (Å²) in [5, 5.41) is 0. The molecule has 0 aromatic heterocycles. The highest BCUT2D eigenvalue weighted by molar-refractivity contribution is 5.85. The van der Waals surface area contributed by atoms with Gasteiger partial charge >= 0.3 is 0 Å². The summed E-state index contributed by atoms with van der Waals surface area (Å²) in [6, 6.07) is 24.1. The molecule has 1 atom stereocenters. The fraction of sp³-hybridized carbons (Fsp3) is 0.357. The molecule has 1 unspecified atom stereocenters. The topological polar surface area (TPSA) is 12.5 Å². The predicted octanol–water partition coefficient (Wildman–Crippen LogP) is 6.72. The Kier molecular flexibility index (Phi) is 8.17. The van der Waals surface area contributed by atoms with Gasteiger partial charge in [0.05, 0.1) is 0 Å². The summed E-state index contributed by atoms with van der Waals surface area (Å²) in [6.45, 7) is 3.91. The summed E-state index contributed by atoms with van der Waals surface area (Å²) in [6.07, 6.45) is 4.98. The third kappa shape index (κ3) is 6.35. The van der Waals surface area contributed by atoms with Crippen molar-refractivity contribution in [1.82, 2.24) is 4.90 Å². The van der Waals surface area contributed by atoms with E-state index in [1.54, 1.807) is 0 Å². The molecule has 0 bridgehead atoms. The summed E-state index contributed by atoms with van der Waals surface area (Å²) in [5.41, 5.74) is 7.98. The Bertz CT molecular complexity index is 963. The number of hydrogen-bond donors (Lipinski definition) is 0. The van der Waals surface area contributed by atoms with Crippen molar-refractivity contribution >= 4 is 12.4 Å². The summed E-state index contributed by atoms with van der Waals surface area (Å²) in [7, 11) is 4.33. The van der Waals surface area contributed by atoms with Crippen LogP contribution in [0.3, 0.4) is 0 Å². The smallest absolute Gasteiger partial charge is 0.120 e. The maximum Gasteiger partial charge on any atom is 0.120 e. The molecule has 0 spiro atoms. The third-order valence-electron chi connectivity index (χ3n) is 6.24. The van der Waals surface area contributed by atoms with Crippen LogP contribution in [0.25, 0.3) is 11.1 Å². The number of fused-ring (bicyclic) bond motifs is 1. The van der Waals surface area contributed by atoms with Gasteiger partial charge in [-0.2, -0.15) is 0 Å². The lowest BCUT2D eigenvalue weighted by molar-refractivity contribution is 0.304. The maximum atomic E-state index is 6.12. The average Bonchev–Trinajstić information content (AvgIpc) is 2.77. The van der Waals surface area contributed by atoms with Gasteiger partial charge in [0.2, 0.25) is 0 Å².